The van der Waals surface area contributed by atoms with Gasteiger partial charge in [-0.1, -0.05) is 0 Å². The number of H-pyrrole nitrogens is 1. The number of nitrogens with zero attached hydrogens (tertiary/aromatic N) is 3. The molecule has 2 aromatic rings. The molecule has 5 nitrogen and oxygen atoms in total. The summed E-state index contributed by atoms with van der Waals surface area (Å²) in [5.41, 5.74) is 6.88. The largest absolute Gasteiger partial charge is 0.382 e. The van der Waals surface area contributed by atoms with Crippen molar-refractivity contribution in [2.45, 2.75) is 0 Å². The maximum absolute atomic E-state index is 8.64. The molecule has 2 aromatic heterocycles. The first kappa shape index (κ1) is 7.43. The van der Waals surface area contributed by atoms with Crippen LogP contribution in [0.1, 0.15) is 5.56 Å². The van der Waals surface area contributed by atoms with E-state index in [1.165, 1.54) is 10.9 Å². The first-order chi connectivity index (χ1) is 6.33. The fraction of sp³-hybridized carbons (Fsp3) is 0. The van der Waals surface area contributed by atoms with Crippen molar-refractivity contribution in [3.8, 4) is 11.8 Å². The molecule has 0 atom stereocenters. The van der Waals surface area contributed by atoms with Gasteiger partial charge in [-0.25, -0.2) is 4.68 Å². The van der Waals surface area contributed by atoms with Crippen LogP contribution in [0.3, 0.4) is 0 Å². The van der Waals surface area contributed by atoms with Crippen molar-refractivity contribution in [1.29, 1.82) is 5.26 Å². The van der Waals surface area contributed by atoms with Crippen molar-refractivity contribution in [2.24, 2.45) is 0 Å². The lowest BCUT2D eigenvalue weighted by atomic mass is 10.4. The number of nitrogen functional groups attached to an aromatic ring is 1. The molecule has 2 heterocycles. The minimum atomic E-state index is 0.363. The number of nitriles is 1. The van der Waals surface area contributed by atoms with Crippen molar-refractivity contribution in [1.82, 2.24) is 14.8 Å². The van der Waals surface area contributed by atoms with Gasteiger partial charge in [-0.15, -0.1) is 0 Å². The molecule has 0 radical (unpaired) electrons. The van der Waals surface area contributed by atoms with Crippen molar-refractivity contribution >= 4 is 5.82 Å². The molecule has 13 heavy (non-hydrogen) atoms. The molecule has 0 aliphatic rings. The van der Waals surface area contributed by atoms with Gasteiger partial charge in [0.2, 0.25) is 0 Å². The van der Waals surface area contributed by atoms with Crippen LogP contribution in [-0.4, -0.2) is 14.8 Å². The first-order valence-electron chi connectivity index (χ1n) is 3.69. The Morgan fingerprint density at radius 2 is 2.46 bits per heavy atom. The Hall–Kier alpha value is -2.22. The Labute approximate surface area is 74.4 Å². The summed E-state index contributed by atoms with van der Waals surface area (Å²) in [7, 11) is 0. The molecule has 0 saturated carbocycles. The second-order valence-corrected chi connectivity index (χ2v) is 2.54. The van der Waals surface area contributed by atoms with E-state index in [4.69, 9.17) is 11.0 Å². The fourth-order valence-electron chi connectivity index (χ4n) is 1.10. The van der Waals surface area contributed by atoms with E-state index >= 15 is 0 Å². The summed E-state index contributed by atoms with van der Waals surface area (Å²) in [4.78, 5) is 2.88. The highest BCUT2D eigenvalue weighted by atomic mass is 15.3. The van der Waals surface area contributed by atoms with E-state index in [2.05, 4.69) is 10.1 Å². The van der Waals surface area contributed by atoms with Gasteiger partial charge in [-0.05, 0) is 6.07 Å². The summed E-state index contributed by atoms with van der Waals surface area (Å²) in [6, 6.07) is 3.78. The van der Waals surface area contributed by atoms with Gasteiger partial charge in [0.15, 0.2) is 0 Å². The zero-order valence-electron chi connectivity index (χ0n) is 6.73. The minimum Gasteiger partial charge on any atom is -0.382 e. The lowest BCUT2D eigenvalue weighted by Crippen LogP contribution is -2.00. The molecular weight excluding hydrogens is 166 g/mol. The van der Waals surface area contributed by atoms with E-state index in [0.29, 0.717) is 11.4 Å². The van der Waals surface area contributed by atoms with Gasteiger partial charge < -0.3 is 10.7 Å². The van der Waals surface area contributed by atoms with E-state index in [1.807, 2.05) is 12.1 Å². The number of aromatic nitrogens is 3. The van der Waals surface area contributed by atoms with Gasteiger partial charge in [0.05, 0.1) is 11.9 Å². The van der Waals surface area contributed by atoms with E-state index in [0.717, 1.165) is 5.69 Å². The summed E-state index contributed by atoms with van der Waals surface area (Å²) in [5.74, 6) is 0.363. The number of anilines is 1. The quantitative estimate of drug-likeness (QED) is 0.664. The van der Waals surface area contributed by atoms with Crippen LogP contribution in [0.5, 0.6) is 0 Å². The van der Waals surface area contributed by atoms with E-state index in [-0.39, 0.29) is 0 Å². The second-order valence-electron chi connectivity index (χ2n) is 2.54. The topological polar surface area (TPSA) is 83.4 Å². The number of nitrogens with one attached hydrogen (secondary N) is 1. The molecule has 0 amide bonds. The van der Waals surface area contributed by atoms with Crippen LogP contribution in [0, 0.1) is 11.3 Å². The Morgan fingerprint density at radius 3 is 3.00 bits per heavy atom. The lowest BCUT2D eigenvalue weighted by Gasteiger charge is -1.98. The van der Waals surface area contributed by atoms with Gasteiger partial charge in [-0.3, -0.25) is 0 Å². The highest BCUT2D eigenvalue weighted by Gasteiger charge is 2.07. The Bertz CT molecular complexity index is 445. The third kappa shape index (κ3) is 1.05. The number of aromatic amines is 1. The van der Waals surface area contributed by atoms with Crippen molar-refractivity contribution < 1.29 is 0 Å². The number of hydrogen-bond donors (Lipinski definition) is 2. The summed E-state index contributed by atoms with van der Waals surface area (Å²) < 4.78 is 1.51. The molecule has 0 unspecified atom stereocenters. The van der Waals surface area contributed by atoms with E-state index in [1.54, 1.807) is 12.4 Å². The zero-order valence-corrected chi connectivity index (χ0v) is 6.73. The first-order valence-corrected chi connectivity index (χ1v) is 3.69. The summed E-state index contributed by atoms with van der Waals surface area (Å²) >= 11 is 0. The van der Waals surface area contributed by atoms with Crippen molar-refractivity contribution in [3.05, 3.63) is 30.2 Å². The van der Waals surface area contributed by atoms with Gasteiger partial charge in [0.25, 0.3) is 0 Å². The number of nitrogens with two attached hydrogens (primary N) is 1. The predicted octanol–water partition coefficient (Wildman–Crippen LogP) is 0.654. The van der Waals surface area contributed by atoms with Gasteiger partial charge >= 0.3 is 0 Å². The summed E-state index contributed by atoms with van der Waals surface area (Å²) in [5, 5.41) is 12.6. The van der Waals surface area contributed by atoms with Gasteiger partial charge in [0, 0.05) is 12.4 Å². The Balaban J connectivity index is 2.55. The van der Waals surface area contributed by atoms with Crippen LogP contribution in [0.25, 0.3) is 5.69 Å². The second kappa shape index (κ2) is 2.68. The van der Waals surface area contributed by atoms with Crippen LogP contribution < -0.4 is 5.73 Å². The normalized spacial score (nSPS) is 9.77. The zero-order chi connectivity index (χ0) is 9.26. The molecule has 0 bridgehead atoms. The Kier molecular flexibility index (Phi) is 1.53. The van der Waals surface area contributed by atoms with Crippen LogP contribution >= 0.6 is 0 Å². The third-order valence-electron chi connectivity index (χ3n) is 1.75. The van der Waals surface area contributed by atoms with Crippen LogP contribution in [0.15, 0.2) is 24.7 Å². The van der Waals surface area contributed by atoms with Crippen LogP contribution in [0.2, 0.25) is 0 Å². The maximum atomic E-state index is 8.64. The Morgan fingerprint density at radius 1 is 1.62 bits per heavy atom. The molecule has 0 aromatic carbocycles. The molecule has 0 fully saturated rings. The average molecular weight is 173 g/mol. The number of hydrogen-bond acceptors (Lipinski definition) is 3. The van der Waals surface area contributed by atoms with Gasteiger partial charge in [-0.2, -0.15) is 10.4 Å². The molecule has 0 aliphatic heterocycles. The maximum Gasteiger partial charge on any atom is 0.145 e. The van der Waals surface area contributed by atoms with Gasteiger partial charge in [0.1, 0.15) is 17.5 Å². The summed E-state index contributed by atoms with van der Waals surface area (Å²) in [6.07, 6.45) is 4.97. The van der Waals surface area contributed by atoms with E-state index < -0.39 is 0 Å². The predicted molar refractivity (Wildman–Crippen MR) is 47.0 cm³/mol. The number of rotatable bonds is 1. The fourth-order valence-corrected chi connectivity index (χ4v) is 1.10. The highest BCUT2D eigenvalue weighted by molar-refractivity contribution is 5.52. The monoisotopic (exact) mass is 173 g/mol. The van der Waals surface area contributed by atoms with Crippen LogP contribution in [0.4, 0.5) is 5.82 Å². The van der Waals surface area contributed by atoms with E-state index in [9.17, 15) is 0 Å². The smallest absolute Gasteiger partial charge is 0.145 e. The average Bonchev–Trinajstić information content (AvgIpc) is 2.72. The highest BCUT2D eigenvalue weighted by Crippen LogP contribution is 2.14. The van der Waals surface area contributed by atoms with Crippen molar-refractivity contribution in [3.63, 3.8) is 0 Å². The van der Waals surface area contributed by atoms with Crippen molar-refractivity contribution in [2.75, 3.05) is 5.73 Å². The molecule has 0 aliphatic carbocycles. The molecule has 5 heteroatoms. The third-order valence-corrected chi connectivity index (χ3v) is 1.75. The summed E-state index contributed by atoms with van der Waals surface area (Å²) in [6.45, 7) is 0. The molecule has 2 rings (SSSR count). The standard InChI is InChI=1S/C8H7N5/c9-3-6-4-12-13(8(6)10)7-1-2-11-5-7/h1-2,4-5,11H,10H2. The molecule has 3 N–H and O–H groups in total. The molecule has 0 saturated heterocycles. The molecular formula is C8H7N5. The SMILES string of the molecule is N#Cc1cnn(-c2cc[nH]c2)c1N. The lowest BCUT2D eigenvalue weighted by molar-refractivity contribution is 0.893. The molecule has 0 spiro atoms. The molecule has 64 valence electrons. The minimum absolute atomic E-state index is 0.363. The van der Waals surface area contributed by atoms with Crippen LogP contribution in [-0.2, 0) is 0 Å².